The van der Waals surface area contributed by atoms with Crippen LogP contribution in [0.15, 0.2) is 35.8 Å². The van der Waals surface area contributed by atoms with E-state index in [0.717, 1.165) is 43.2 Å². The summed E-state index contributed by atoms with van der Waals surface area (Å²) in [5, 5.41) is 12.5. The zero-order valence-electron chi connectivity index (χ0n) is 13.9. The third kappa shape index (κ3) is 4.10. The molecule has 2 aromatic rings. The molecule has 1 atom stereocenters. The standard InChI is InChI=1S/C18H25N3OS/c1-20(2)17-6-5-14(12-19-17)13-21-9-7-15(8-10-21)18(22)16-4-3-11-23-16/h3-6,11-12,15,18,22H,7-10,13H2,1-2H3. The van der Waals surface area contributed by atoms with Crippen LogP contribution >= 0.6 is 11.3 Å². The number of pyridine rings is 1. The first-order valence-corrected chi connectivity index (χ1v) is 9.07. The molecule has 0 aromatic carbocycles. The minimum Gasteiger partial charge on any atom is -0.387 e. The maximum atomic E-state index is 10.5. The van der Waals surface area contributed by atoms with Gasteiger partial charge in [0.2, 0.25) is 0 Å². The number of hydrogen-bond donors (Lipinski definition) is 1. The Kier molecular flexibility index (Phi) is 5.30. The molecule has 124 valence electrons. The highest BCUT2D eigenvalue weighted by molar-refractivity contribution is 7.10. The molecule has 2 aromatic heterocycles. The van der Waals surface area contributed by atoms with E-state index in [1.165, 1.54) is 5.56 Å². The lowest BCUT2D eigenvalue weighted by molar-refractivity contribution is 0.0590. The highest BCUT2D eigenvalue weighted by Crippen LogP contribution is 2.33. The number of aliphatic hydroxyl groups is 1. The van der Waals surface area contributed by atoms with Crippen molar-refractivity contribution >= 4 is 17.2 Å². The molecule has 0 bridgehead atoms. The Morgan fingerprint density at radius 1 is 1.30 bits per heavy atom. The minimum absolute atomic E-state index is 0.293. The van der Waals surface area contributed by atoms with Crippen molar-refractivity contribution in [1.29, 1.82) is 0 Å². The molecule has 0 spiro atoms. The lowest BCUT2D eigenvalue weighted by atomic mass is 9.90. The fraction of sp³-hybridized carbons (Fsp3) is 0.500. The third-order valence-corrected chi connectivity index (χ3v) is 5.53. The van der Waals surface area contributed by atoms with Crippen molar-refractivity contribution in [2.24, 2.45) is 5.92 Å². The van der Waals surface area contributed by atoms with Gasteiger partial charge >= 0.3 is 0 Å². The van der Waals surface area contributed by atoms with Crippen LogP contribution in [-0.4, -0.2) is 42.2 Å². The van der Waals surface area contributed by atoms with E-state index in [0.29, 0.717) is 5.92 Å². The first-order valence-electron chi connectivity index (χ1n) is 8.19. The molecule has 5 heteroatoms. The van der Waals surface area contributed by atoms with Crippen molar-refractivity contribution in [3.63, 3.8) is 0 Å². The number of rotatable bonds is 5. The summed E-state index contributed by atoms with van der Waals surface area (Å²) in [6.45, 7) is 3.04. The highest BCUT2D eigenvalue weighted by Gasteiger charge is 2.26. The molecule has 0 aliphatic carbocycles. The zero-order valence-corrected chi connectivity index (χ0v) is 14.7. The molecule has 1 aliphatic rings. The average Bonchev–Trinajstić information content (AvgIpc) is 3.10. The second kappa shape index (κ2) is 7.43. The van der Waals surface area contributed by atoms with Gasteiger partial charge in [-0.15, -0.1) is 11.3 Å². The number of hydrogen-bond acceptors (Lipinski definition) is 5. The third-order valence-electron chi connectivity index (χ3n) is 4.59. The second-order valence-electron chi connectivity index (χ2n) is 6.49. The molecule has 0 saturated carbocycles. The Balaban J connectivity index is 1.51. The van der Waals surface area contributed by atoms with Crippen LogP contribution in [0, 0.1) is 5.92 Å². The lowest BCUT2D eigenvalue weighted by Crippen LogP contribution is -2.35. The second-order valence-corrected chi connectivity index (χ2v) is 7.47. The Labute approximate surface area is 142 Å². The molecule has 0 amide bonds. The Morgan fingerprint density at radius 2 is 2.09 bits per heavy atom. The topological polar surface area (TPSA) is 39.6 Å². The smallest absolute Gasteiger partial charge is 0.127 e. The van der Waals surface area contributed by atoms with Crippen LogP contribution in [0.5, 0.6) is 0 Å². The first kappa shape index (κ1) is 16.4. The maximum Gasteiger partial charge on any atom is 0.127 e. The molecule has 1 aliphatic heterocycles. The van der Waals surface area contributed by atoms with Gasteiger partial charge in [-0.25, -0.2) is 4.98 Å². The fourth-order valence-electron chi connectivity index (χ4n) is 3.15. The minimum atomic E-state index is -0.293. The quantitative estimate of drug-likeness (QED) is 0.913. The molecule has 1 saturated heterocycles. The lowest BCUT2D eigenvalue weighted by Gasteiger charge is -2.34. The van der Waals surface area contributed by atoms with Gasteiger partial charge in [0.05, 0.1) is 6.10 Å². The molecular weight excluding hydrogens is 306 g/mol. The van der Waals surface area contributed by atoms with Crippen LogP contribution in [0.25, 0.3) is 0 Å². The van der Waals surface area contributed by atoms with Crippen LogP contribution in [0.2, 0.25) is 0 Å². The van der Waals surface area contributed by atoms with Gasteiger partial charge in [0, 0.05) is 31.7 Å². The number of anilines is 1. The van der Waals surface area contributed by atoms with Gasteiger partial charge in [-0.2, -0.15) is 0 Å². The van der Waals surface area contributed by atoms with E-state index in [1.807, 2.05) is 42.7 Å². The largest absolute Gasteiger partial charge is 0.387 e. The SMILES string of the molecule is CN(C)c1ccc(CN2CCC(C(O)c3cccs3)CC2)cn1. The predicted octanol–water partition coefficient (Wildman–Crippen LogP) is 3.15. The van der Waals surface area contributed by atoms with E-state index in [9.17, 15) is 5.11 Å². The summed E-state index contributed by atoms with van der Waals surface area (Å²) >= 11 is 1.66. The van der Waals surface area contributed by atoms with Gasteiger partial charge in [0.1, 0.15) is 5.82 Å². The van der Waals surface area contributed by atoms with Gasteiger partial charge in [-0.3, -0.25) is 4.90 Å². The van der Waals surface area contributed by atoms with Gasteiger partial charge < -0.3 is 10.0 Å². The van der Waals surface area contributed by atoms with E-state index >= 15 is 0 Å². The van der Waals surface area contributed by atoms with Crippen LogP contribution < -0.4 is 4.90 Å². The number of likely N-dealkylation sites (tertiary alicyclic amines) is 1. The van der Waals surface area contributed by atoms with Crippen molar-refractivity contribution in [2.45, 2.75) is 25.5 Å². The summed E-state index contributed by atoms with van der Waals surface area (Å²) < 4.78 is 0. The van der Waals surface area contributed by atoms with Crippen LogP contribution in [-0.2, 0) is 6.54 Å². The summed E-state index contributed by atoms with van der Waals surface area (Å²) in [6, 6.07) is 8.29. The van der Waals surface area contributed by atoms with Crippen molar-refractivity contribution in [2.75, 3.05) is 32.1 Å². The molecule has 0 radical (unpaired) electrons. The monoisotopic (exact) mass is 331 g/mol. The van der Waals surface area contributed by atoms with Crippen LogP contribution in [0.1, 0.15) is 29.4 Å². The van der Waals surface area contributed by atoms with E-state index in [-0.39, 0.29) is 6.10 Å². The van der Waals surface area contributed by atoms with E-state index in [2.05, 4.69) is 22.0 Å². The number of piperidine rings is 1. The van der Waals surface area contributed by atoms with Gasteiger partial charge in [0.15, 0.2) is 0 Å². The molecular formula is C18H25N3OS. The van der Waals surface area contributed by atoms with Crippen molar-refractivity contribution in [3.8, 4) is 0 Å². The molecule has 4 nitrogen and oxygen atoms in total. The van der Waals surface area contributed by atoms with Crippen molar-refractivity contribution in [1.82, 2.24) is 9.88 Å². The van der Waals surface area contributed by atoms with E-state index in [4.69, 9.17) is 0 Å². The number of thiophene rings is 1. The summed E-state index contributed by atoms with van der Waals surface area (Å²) in [6.07, 6.45) is 3.80. The molecule has 1 N–H and O–H groups in total. The predicted molar refractivity (Wildman–Crippen MR) is 95.8 cm³/mol. The number of nitrogens with zero attached hydrogens (tertiary/aromatic N) is 3. The Hall–Kier alpha value is -1.43. The van der Waals surface area contributed by atoms with Gasteiger partial charge in [-0.05, 0) is 54.9 Å². The van der Waals surface area contributed by atoms with E-state index < -0.39 is 0 Å². The van der Waals surface area contributed by atoms with Gasteiger partial charge in [-0.1, -0.05) is 12.1 Å². The van der Waals surface area contributed by atoms with Gasteiger partial charge in [0.25, 0.3) is 0 Å². The summed E-state index contributed by atoms with van der Waals surface area (Å²) in [7, 11) is 4.01. The number of aromatic nitrogens is 1. The number of aliphatic hydroxyl groups excluding tert-OH is 1. The molecule has 3 heterocycles. The molecule has 1 fully saturated rings. The Bertz CT molecular complexity index is 589. The maximum absolute atomic E-state index is 10.5. The fourth-order valence-corrected chi connectivity index (χ4v) is 3.95. The molecule has 1 unspecified atom stereocenters. The summed E-state index contributed by atoms with van der Waals surface area (Å²) in [5.41, 5.74) is 1.26. The zero-order chi connectivity index (χ0) is 16.2. The summed E-state index contributed by atoms with van der Waals surface area (Å²) in [5.74, 6) is 1.38. The molecule has 3 rings (SSSR count). The first-order chi connectivity index (χ1) is 11.1. The highest BCUT2D eigenvalue weighted by atomic mass is 32.1. The molecule has 23 heavy (non-hydrogen) atoms. The normalized spacial score (nSPS) is 18.0. The Morgan fingerprint density at radius 3 is 2.65 bits per heavy atom. The van der Waals surface area contributed by atoms with Crippen molar-refractivity contribution in [3.05, 3.63) is 46.3 Å². The van der Waals surface area contributed by atoms with Crippen LogP contribution in [0.3, 0.4) is 0 Å². The summed E-state index contributed by atoms with van der Waals surface area (Å²) in [4.78, 5) is 10.1. The van der Waals surface area contributed by atoms with E-state index in [1.54, 1.807) is 11.3 Å². The van der Waals surface area contributed by atoms with Crippen molar-refractivity contribution < 1.29 is 5.11 Å². The van der Waals surface area contributed by atoms with Crippen LogP contribution in [0.4, 0.5) is 5.82 Å². The average molecular weight is 331 g/mol.